The van der Waals surface area contributed by atoms with E-state index in [2.05, 4.69) is 4.98 Å². The number of aromatic amines is 1. The van der Waals surface area contributed by atoms with Crippen molar-refractivity contribution >= 4 is 16.6 Å². The van der Waals surface area contributed by atoms with Crippen molar-refractivity contribution in [1.82, 2.24) is 4.98 Å². The van der Waals surface area contributed by atoms with Gasteiger partial charge in [0.25, 0.3) is 0 Å². The van der Waals surface area contributed by atoms with Crippen molar-refractivity contribution in [3.8, 4) is 17.0 Å². The number of nitro groups is 1. The molecule has 0 saturated carbocycles. The third kappa shape index (κ3) is 1.99. The minimum atomic E-state index is -0.451. The first kappa shape index (κ1) is 12.2. The Bertz CT molecular complexity index is 760. The first-order chi connectivity index (χ1) is 9.69. The Hall–Kier alpha value is -2.82. The molecule has 100 valence electrons. The predicted octanol–water partition coefficient (Wildman–Crippen LogP) is 3.75. The van der Waals surface area contributed by atoms with Gasteiger partial charge in [-0.2, -0.15) is 0 Å². The lowest BCUT2D eigenvalue weighted by atomic mass is 10.1. The molecule has 0 aliphatic rings. The molecule has 0 saturated heterocycles. The molecule has 0 aliphatic carbocycles. The number of rotatable bonds is 3. The van der Waals surface area contributed by atoms with Gasteiger partial charge in [0, 0.05) is 28.2 Å². The van der Waals surface area contributed by atoms with E-state index in [1.807, 2.05) is 30.3 Å². The second-order valence-corrected chi connectivity index (χ2v) is 4.41. The number of benzene rings is 2. The summed E-state index contributed by atoms with van der Waals surface area (Å²) >= 11 is 0. The van der Waals surface area contributed by atoms with Crippen molar-refractivity contribution in [3.63, 3.8) is 0 Å². The fourth-order valence-electron chi connectivity index (χ4n) is 2.22. The van der Waals surface area contributed by atoms with Crippen LogP contribution in [0.15, 0.2) is 48.5 Å². The molecule has 0 amide bonds. The number of hydrogen-bond donors (Lipinski definition) is 1. The maximum Gasteiger partial charge on any atom is 0.310 e. The molecule has 0 atom stereocenters. The molecule has 0 unspecified atom stereocenters. The van der Waals surface area contributed by atoms with Crippen molar-refractivity contribution < 1.29 is 9.66 Å². The number of fused-ring (bicyclic) bond motifs is 1. The molecule has 5 nitrogen and oxygen atoms in total. The van der Waals surface area contributed by atoms with E-state index in [0.29, 0.717) is 0 Å². The number of nitro benzene ring substituents is 1. The van der Waals surface area contributed by atoms with E-state index in [-0.39, 0.29) is 11.4 Å². The minimum absolute atomic E-state index is 0.0349. The van der Waals surface area contributed by atoms with Crippen LogP contribution < -0.4 is 4.74 Å². The lowest BCUT2D eigenvalue weighted by Gasteiger charge is -2.04. The van der Waals surface area contributed by atoms with Crippen molar-refractivity contribution in [2.24, 2.45) is 0 Å². The fraction of sp³-hybridized carbons (Fsp3) is 0.0667. The van der Waals surface area contributed by atoms with Crippen LogP contribution in [-0.2, 0) is 0 Å². The first-order valence-electron chi connectivity index (χ1n) is 6.09. The molecule has 0 aliphatic heterocycles. The Morgan fingerprint density at radius 3 is 2.65 bits per heavy atom. The van der Waals surface area contributed by atoms with Gasteiger partial charge in [-0.25, -0.2) is 0 Å². The predicted molar refractivity (Wildman–Crippen MR) is 76.9 cm³/mol. The molecule has 0 fully saturated rings. The largest absolute Gasteiger partial charge is 0.490 e. The van der Waals surface area contributed by atoms with Crippen LogP contribution >= 0.6 is 0 Å². The molecule has 20 heavy (non-hydrogen) atoms. The van der Waals surface area contributed by atoms with Gasteiger partial charge in [0.1, 0.15) is 0 Å². The summed E-state index contributed by atoms with van der Waals surface area (Å²) < 4.78 is 5.09. The molecular formula is C15H12N2O3. The van der Waals surface area contributed by atoms with E-state index in [4.69, 9.17) is 4.74 Å². The highest BCUT2D eigenvalue weighted by Crippen LogP contribution is 2.32. The van der Waals surface area contributed by atoms with E-state index >= 15 is 0 Å². The summed E-state index contributed by atoms with van der Waals surface area (Å²) in [6.45, 7) is 0. The third-order valence-electron chi connectivity index (χ3n) is 3.22. The van der Waals surface area contributed by atoms with Crippen LogP contribution in [0.25, 0.3) is 22.2 Å². The molecule has 3 rings (SSSR count). The smallest absolute Gasteiger partial charge is 0.310 e. The summed E-state index contributed by atoms with van der Waals surface area (Å²) in [5.41, 5.74) is 2.75. The van der Waals surface area contributed by atoms with Gasteiger partial charge in [-0.15, -0.1) is 0 Å². The van der Waals surface area contributed by atoms with Gasteiger partial charge in [0.15, 0.2) is 5.75 Å². The van der Waals surface area contributed by atoms with Gasteiger partial charge in [0.05, 0.1) is 12.0 Å². The summed E-state index contributed by atoms with van der Waals surface area (Å²) in [6.07, 6.45) is 0. The minimum Gasteiger partial charge on any atom is -0.490 e. The number of hydrogen-bond acceptors (Lipinski definition) is 3. The molecular weight excluding hydrogens is 256 g/mol. The van der Waals surface area contributed by atoms with E-state index < -0.39 is 4.92 Å². The van der Waals surface area contributed by atoms with Crippen LogP contribution in [0.4, 0.5) is 5.69 Å². The molecule has 1 aromatic heterocycles. The number of methoxy groups -OCH3 is 1. The Kier molecular flexibility index (Phi) is 2.87. The Balaban J connectivity index is 2.12. The van der Waals surface area contributed by atoms with E-state index in [1.54, 1.807) is 12.1 Å². The van der Waals surface area contributed by atoms with Crippen molar-refractivity contribution in [1.29, 1.82) is 0 Å². The van der Waals surface area contributed by atoms with Gasteiger partial charge < -0.3 is 9.72 Å². The number of nitrogens with zero attached hydrogens (tertiary/aromatic N) is 1. The lowest BCUT2D eigenvalue weighted by Crippen LogP contribution is -1.93. The van der Waals surface area contributed by atoms with Gasteiger partial charge >= 0.3 is 5.69 Å². The summed E-state index contributed by atoms with van der Waals surface area (Å²) in [7, 11) is 1.43. The van der Waals surface area contributed by atoms with Crippen molar-refractivity contribution in [2.75, 3.05) is 7.11 Å². The van der Waals surface area contributed by atoms with Crippen LogP contribution in [0.2, 0.25) is 0 Å². The zero-order valence-electron chi connectivity index (χ0n) is 10.8. The molecule has 3 aromatic rings. The summed E-state index contributed by atoms with van der Waals surface area (Å²) in [5.74, 6) is 0.256. The maximum atomic E-state index is 10.9. The summed E-state index contributed by atoms with van der Waals surface area (Å²) in [5, 5.41) is 12.0. The average Bonchev–Trinajstić information content (AvgIpc) is 2.90. The Morgan fingerprint density at radius 1 is 1.15 bits per heavy atom. The standard InChI is InChI=1S/C15H12N2O3/c1-20-15-9-11(6-7-14(15)17(18)19)13-8-10-4-2-3-5-12(10)16-13/h2-9,16H,1H3. The van der Waals surface area contributed by atoms with Crippen LogP contribution in [-0.4, -0.2) is 17.0 Å². The summed E-state index contributed by atoms with van der Waals surface area (Å²) in [6, 6.07) is 14.8. The van der Waals surface area contributed by atoms with E-state index in [0.717, 1.165) is 22.2 Å². The Morgan fingerprint density at radius 2 is 1.95 bits per heavy atom. The van der Waals surface area contributed by atoms with E-state index in [9.17, 15) is 10.1 Å². The van der Waals surface area contributed by atoms with Crippen LogP contribution in [0.1, 0.15) is 0 Å². The molecule has 1 heterocycles. The third-order valence-corrected chi connectivity index (χ3v) is 3.22. The number of para-hydroxylation sites is 1. The van der Waals surface area contributed by atoms with E-state index in [1.165, 1.54) is 13.2 Å². The highest BCUT2D eigenvalue weighted by molar-refractivity contribution is 5.86. The highest BCUT2D eigenvalue weighted by Gasteiger charge is 2.15. The fourth-order valence-corrected chi connectivity index (χ4v) is 2.22. The topological polar surface area (TPSA) is 68.2 Å². The van der Waals surface area contributed by atoms with Gasteiger partial charge in [-0.3, -0.25) is 10.1 Å². The van der Waals surface area contributed by atoms with Crippen molar-refractivity contribution in [2.45, 2.75) is 0 Å². The molecule has 0 bridgehead atoms. The maximum absolute atomic E-state index is 10.9. The number of ether oxygens (including phenoxy) is 1. The second kappa shape index (κ2) is 4.70. The Labute approximate surface area is 115 Å². The highest BCUT2D eigenvalue weighted by atomic mass is 16.6. The zero-order chi connectivity index (χ0) is 14.1. The molecule has 0 spiro atoms. The van der Waals surface area contributed by atoms with Crippen molar-refractivity contribution in [3.05, 3.63) is 58.6 Å². The van der Waals surface area contributed by atoms with Crippen LogP contribution in [0.3, 0.4) is 0 Å². The molecule has 0 radical (unpaired) electrons. The SMILES string of the molecule is COc1cc(-c2cc3ccccc3[nH]2)ccc1[N+](=O)[O-]. The normalized spacial score (nSPS) is 10.7. The number of nitrogens with one attached hydrogen (secondary N) is 1. The molecule has 2 aromatic carbocycles. The average molecular weight is 268 g/mol. The monoisotopic (exact) mass is 268 g/mol. The second-order valence-electron chi connectivity index (χ2n) is 4.41. The van der Waals surface area contributed by atoms with Gasteiger partial charge in [-0.05, 0) is 24.3 Å². The number of H-pyrrole nitrogens is 1. The van der Waals surface area contributed by atoms with Gasteiger partial charge in [-0.1, -0.05) is 18.2 Å². The molecule has 1 N–H and O–H groups in total. The van der Waals surface area contributed by atoms with Crippen LogP contribution in [0.5, 0.6) is 5.75 Å². The van der Waals surface area contributed by atoms with Gasteiger partial charge in [0.2, 0.25) is 0 Å². The quantitative estimate of drug-likeness (QED) is 0.581. The summed E-state index contributed by atoms with van der Waals surface area (Å²) in [4.78, 5) is 13.7. The lowest BCUT2D eigenvalue weighted by molar-refractivity contribution is -0.385. The zero-order valence-corrected chi connectivity index (χ0v) is 10.8. The molecule has 5 heteroatoms. The first-order valence-corrected chi connectivity index (χ1v) is 6.09. The van der Waals surface area contributed by atoms with Crippen LogP contribution in [0, 0.1) is 10.1 Å². The number of aromatic nitrogens is 1.